The van der Waals surface area contributed by atoms with Crippen molar-refractivity contribution in [1.29, 1.82) is 0 Å². The fraction of sp³-hybridized carbons (Fsp3) is 0.696. The number of ether oxygens (including phenoxy) is 2. The molecule has 174 valence electrons. The molecule has 2 aliphatic carbocycles. The van der Waals surface area contributed by atoms with Crippen molar-refractivity contribution in [3.05, 3.63) is 16.8 Å². The Hall–Kier alpha value is -1.93. The second-order valence-corrected chi connectivity index (χ2v) is 9.75. The van der Waals surface area contributed by atoms with Crippen molar-refractivity contribution in [2.75, 3.05) is 13.7 Å². The molecule has 2 heterocycles. The molecule has 31 heavy (non-hydrogen) atoms. The second kappa shape index (κ2) is 12.2. The van der Waals surface area contributed by atoms with E-state index in [2.05, 4.69) is 15.3 Å². The van der Waals surface area contributed by atoms with Gasteiger partial charge in [0.2, 0.25) is 5.88 Å². The molecule has 0 atom stereocenters. The van der Waals surface area contributed by atoms with Crippen LogP contribution in [0.2, 0.25) is 0 Å². The Kier molecular flexibility index (Phi) is 9.96. The fourth-order valence-corrected chi connectivity index (χ4v) is 4.88. The molecule has 0 aliphatic heterocycles. The summed E-state index contributed by atoms with van der Waals surface area (Å²) in [6.45, 7) is 7.40. The van der Waals surface area contributed by atoms with Crippen LogP contribution >= 0.6 is 11.3 Å². The maximum absolute atomic E-state index is 10.5. The number of carbonyl (C=O) groups excluding carboxylic acids is 1. The number of thiophene rings is 1. The summed E-state index contributed by atoms with van der Waals surface area (Å²) >= 11 is 1.83. The standard InChI is InChI=1S/C15H18N2OS.C6H13NO2.C2H6O/c1-2-5-10(6-3-1)18-14-13-11-7-4-8-12(11)19-15(13)17-9-16-14;1-6(2,3)9-5(8)7-4;1-2-3/h9-10H,1-8H2;1-4H3,(H,7,8);3H,2H2,1H3. The van der Waals surface area contributed by atoms with E-state index in [0.717, 1.165) is 10.7 Å². The van der Waals surface area contributed by atoms with E-state index in [1.165, 1.54) is 74.2 Å². The molecule has 4 rings (SSSR count). The number of aromatic nitrogens is 2. The Labute approximate surface area is 189 Å². The molecule has 0 spiro atoms. The van der Waals surface area contributed by atoms with Gasteiger partial charge in [0, 0.05) is 18.5 Å². The molecular formula is C23H37N3O4S. The van der Waals surface area contributed by atoms with Crippen molar-refractivity contribution in [3.8, 4) is 5.88 Å². The highest BCUT2D eigenvalue weighted by molar-refractivity contribution is 7.18. The molecular weight excluding hydrogens is 414 g/mol. The van der Waals surface area contributed by atoms with Crippen LogP contribution in [0.4, 0.5) is 4.79 Å². The number of aryl methyl sites for hydroxylation is 2. The first kappa shape index (κ1) is 25.3. The molecule has 0 radical (unpaired) electrons. The zero-order chi connectivity index (χ0) is 22.9. The summed E-state index contributed by atoms with van der Waals surface area (Å²) in [5, 5.41) is 11.1. The Morgan fingerprint density at radius 2 is 1.87 bits per heavy atom. The maximum atomic E-state index is 10.5. The molecule has 0 unspecified atom stereocenters. The van der Waals surface area contributed by atoms with Gasteiger partial charge in [0.15, 0.2) is 0 Å². The lowest BCUT2D eigenvalue weighted by atomic mass is 9.98. The van der Waals surface area contributed by atoms with Crippen molar-refractivity contribution in [3.63, 3.8) is 0 Å². The lowest BCUT2D eigenvalue weighted by molar-refractivity contribution is 0.0541. The van der Waals surface area contributed by atoms with Crippen molar-refractivity contribution < 1.29 is 19.4 Å². The first-order valence-electron chi connectivity index (χ1n) is 11.2. The number of carbonyl (C=O) groups is 1. The lowest BCUT2D eigenvalue weighted by Crippen LogP contribution is -2.30. The van der Waals surface area contributed by atoms with E-state index in [0.29, 0.717) is 6.10 Å². The van der Waals surface area contributed by atoms with Gasteiger partial charge in [0.1, 0.15) is 22.9 Å². The third kappa shape index (κ3) is 7.92. The topological polar surface area (TPSA) is 93.6 Å². The number of fused-ring (bicyclic) bond motifs is 3. The smallest absolute Gasteiger partial charge is 0.407 e. The Morgan fingerprint density at radius 3 is 2.45 bits per heavy atom. The predicted octanol–water partition coefficient (Wildman–Crippen LogP) is 5.03. The zero-order valence-corrected chi connectivity index (χ0v) is 20.3. The normalized spacial score (nSPS) is 15.8. The van der Waals surface area contributed by atoms with E-state index in [4.69, 9.17) is 14.6 Å². The highest BCUT2D eigenvalue weighted by Crippen LogP contribution is 2.40. The van der Waals surface area contributed by atoms with E-state index in [-0.39, 0.29) is 18.3 Å². The number of aliphatic hydroxyl groups is 1. The summed E-state index contributed by atoms with van der Waals surface area (Å²) in [7, 11) is 1.54. The van der Waals surface area contributed by atoms with Crippen molar-refractivity contribution in [2.45, 2.75) is 90.8 Å². The van der Waals surface area contributed by atoms with Gasteiger partial charge in [-0.15, -0.1) is 11.3 Å². The van der Waals surface area contributed by atoms with Crippen LogP contribution in [0.3, 0.4) is 0 Å². The summed E-state index contributed by atoms with van der Waals surface area (Å²) < 4.78 is 11.0. The minimum atomic E-state index is -0.389. The third-order valence-corrected chi connectivity index (χ3v) is 6.10. The van der Waals surface area contributed by atoms with Crippen LogP contribution in [0.15, 0.2) is 6.33 Å². The van der Waals surface area contributed by atoms with Gasteiger partial charge >= 0.3 is 6.09 Å². The predicted molar refractivity (Wildman–Crippen MR) is 125 cm³/mol. The minimum absolute atomic E-state index is 0.250. The van der Waals surface area contributed by atoms with Gasteiger partial charge in [-0.3, -0.25) is 0 Å². The minimum Gasteiger partial charge on any atom is -0.474 e. The quantitative estimate of drug-likeness (QED) is 0.665. The van der Waals surface area contributed by atoms with Crippen molar-refractivity contribution in [2.24, 2.45) is 0 Å². The van der Waals surface area contributed by atoms with Gasteiger partial charge in [0.05, 0.1) is 5.39 Å². The number of hydrogen-bond acceptors (Lipinski definition) is 7. The van der Waals surface area contributed by atoms with E-state index < -0.39 is 0 Å². The molecule has 1 saturated carbocycles. The molecule has 8 heteroatoms. The first-order valence-corrected chi connectivity index (χ1v) is 12.0. The van der Waals surface area contributed by atoms with Crippen LogP contribution in [-0.2, 0) is 17.6 Å². The SMILES string of the molecule is CCO.CNC(=O)OC(C)(C)C.c1nc(OC2CCCCC2)c2c3c(sc2n1)CCC3. The molecule has 0 bridgehead atoms. The second-order valence-electron chi connectivity index (χ2n) is 8.66. The van der Waals surface area contributed by atoms with E-state index >= 15 is 0 Å². The highest BCUT2D eigenvalue weighted by Gasteiger charge is 2.24. The fourth-order valence-electron chi connectivity index (χ4n) is 3.66. The van der Waals surface area contributed by atoms with Gasteiger partial charge in [-0.2, -0.15) is 0 Å². The zero-order valence-electron chi connectivity index (χ0n) is 19.5. The number of alkyl carbamates (subject to hydrolysis) is 1. The Bertz CT molecular complexity index is 826. The van der Waals surface area contributed by atoms with Crippen LogP contribution in [-0.4, -0.2) is 46.5 Å². The summed E-state index contributed by atoms with van der Waals surface area (Å²) in [5.74, 6) is 0.844. The molecule has 1 amide bonds. The van der Waals surface area contributed by atoms with Crippen molar-refractivity contribution in [1.82, 2.24) is 15.3 Å². The molecule has 7 nitrogen and oxygen atoms in total. The van der Waals surface area contributed by atoms with Crippen LogP contribution in [0.5, 0.6) is 5.88 Å². The van der Waals surface area contributed by atoms with E-state index in [9.17, 15) is 4.79 Å². The highest BCUT2D eigenvalue weighted by atomic mass is 32.1. The van der Waals surface area contributed by atoms with Crippen LogP contribution in [0, 0.1) is 0 Å². The number of hydrogen-bond donors (Lipinski definition) is 2. The number of amides is 1. The molecule has 2 aliphatic rings. The van der Waals surface area contributed by atoms with Crippen LogP contribution < -0.4 is 10.1 Å². The van der Waals surface area contributed by atoms with Crippen molar-refractivity contribution >= 4 is 27.6 Å². The van der Waals surface area contributed by atoms with Gasteiger partial charge in [-0.05, 0) is 78.2 Å². The van der Waals surface area contributed by atoms with Gasteiger partial charge < -0.3 is 19.9 Å². The number of aliphatic hydroxyl groups excluding tert-OH is 1. The largest absolute Gasteiger partial charge is 0.474 e. The molecule has 1 fully saturated rings. The summed E-state index contributed by atoms with van der Waals surface area (Å²) in [5.41, 5.74) is 1.08. The summed E-state index contributed by atoms with van der Waals surface area (Å²) in [4.78, 5) is 22.0. The number of rotatable bonds is 2. The number of nitrogens with one attached hydrogen (secondary N) is 1. The average molecular weight is 452 g/mol. The summed E-state index contributed by atoms with van der Waals surface area (Å²) in [6.07, 6.45) is 11.6. The molecule has 2 aromatic rings. The lowest BCUT2D eigenvalue weighted by Gasteiger charge is -2.22. The first-order chi connectivity index (χ1) is 14.8. The average Bonchev–Trinajstić information content (AvgIpc) is 3.30. The molecule has 0 saturated heterocycles. The maximum Gasteiger partial charge on any atom is 0.407 e. The Morgan fingerprint density at radius 1 is 1.19 bits per heavy atom. The summed E-state index contributed by atoms with van der Waals surface area (Å²) in [6, 6.07) is 0. The monoisotopic (exact) mass is 451 g/mol. The van der Waals surface area contributed by atoms with E-state index in [1.54, 1.807) is 13.3 Å². The third-order valence-electron chi connectivity index (χ3n) is 4.90. The van der Waals surface area contributed by atoms with Crippen LogP contribution in [0.25, 0.3) is 10.2 Å². The molecule has 2 N–H and O–H groups in total. The molecule has 2 aromatic heterocycles. The number of nitrogens with zero attached hydrogens (tertiary/aromatic N) is 2. The van der Waals surface area contributed by atoms with E-state index in [1.807, 2.05) is 32.1 Å². The van der Waals surface area contributed by atoms with Gasteiger partial charge in [-0.25, -0.2) is 14.8 Å². The molecule has 0 aromatic carbocycles. The van der Waals surface area contributed by atoms with Gasteiger partial charge in [-0.1, -0.05) is 6.42 Å². The Balaban J connectivity index is 0.000000242. The van der Waals surface area contributed by atoms with Crippen LogP contribution in [0.1, 0.15) is 76.7 Å². The van der Waals surface area contributed by atoms with Gasteiger partial charge in [0.25, 0.3) is 0 Å².